The van der Waals surface area contributed by atoms with E-state index in [1.807, 2.05) is 17.5 Å². The van der Waals surface area contributed by atoms with Crippen LogP contribution in [-0.4, -0.2) is 48.7 Å². The van der Waals surface area contributed by atoms with Gasteiger partial charge in [-0.3, -0.25) is 9.10 Å². The summed E-state index contributed by atoms with van der Waals surface area (Å²) in [6.07, 6.45) is 0.878. The van der Waals surface area contributed by atoms with Crippen molar-refractivity contribution < 1.29 is 26.5 Å². The number of sulfonamides is 1. The zero-order valence-electron chi connectivity index (χ0n) is 16.2. The number of halogens is 2. The summed E-state index contributed by atoms with van der Waals surface area (Å²) >= 11 is 1.43. The third kappa shape index (κ3) is 4.65. The van der Waals surface area contributed by atoms with Gasteiger partial charge < -0.3 is 9.42 Å². The Labute approximate surface area is 175 Å². The largest absolute Gasteiger partial charge is 0.337 e. The van der Waals surface area contributed by atoms with Crippen LogP contribution in [0.2, 0.25) is 0 Å². The van der Waals surface area contributed by atoms with Crippen molar-refractivity contribution in [1.29, 1.82) is 0 Å². The molecule has 0 saturated carbocycles. The molecule has 160 valence electrons. The lowest BCUT2D eigenvalue weighted by atomic mass is 10.2. The van der Waals surface area contributed by atoms with Gasteiger partial charge in [0.15, 0.2) is 11.6 Å². The SMILES string of the molecule is C[C@H](C(=O)N(C)Cc1nc(-c2cccs2)no1)N(c1ccc(F)c(F)c1)S(C)(=O)=O. The second kappa shape index (κ2) is 8.48. The summed E-state index contributed by atoms with van der Waals surface area (Å²) in [5.41, 5.74) is -0.163. The van der Waals surface area contributed by atoms with Crippen molar-refractivity contribution in [2.24, 2.45) is 0 Å². The highest BCUT2D eigenvalue weighted by Gasteiger charge is 2.32. The molecule has 2 aromatic heterocycles. The molecule has 1 amide bonds. The normalized spacial score (nSPS) is 12.6. The van der Waals surface area contributed by atoms with E-state index in [1.54, 1.807) is 0 Å². The predicted molar refractivity (Wildman–Crippen MR) is 107 cm³/mol. The third-order valence-electron chi connectivity index (χ3n) is 4.18. The number of carbonyl (C=O) groups is 1. The molecule has 0 saturated heterocycles. The fourth-order valence-electron chi connectivity index (χ4n) is 2.85. The van der Waals surface area contributed by atoms with Crippen molar-refractivity contribution in [3.63, 3.8) is 0 Å². The molecule has 2 heterocycles. The van der Waals surface area contributed by atoms with Crippen LogP contribution in [0.1, 0.15) is 12.8 Å². The molecular weight excluding hydrogens is 438 g/mol. The smallest absolute Gasteiger partial charge is 0.246 e. The predicted octanol–water partition coefficient (Wildman–Crippen LogP) is 2.89. The van der Waals surface area contributed by atoms with Crippen LogP contribution in [0.5, 0.6) is 0 Å². The molecule has 12 heteroatoms. The molecule has 0 aliphatic rings. The van der Waals surface area contributed by atoms with Gasteiger partial charge in [-0.1, -0.05) is 11.2 Å². The molecule has 0 radical (unpaired) electrons. The summed E-state index contributed by atoms with van der Waals surface area (Å²) in [5, 5.41) is 5.72. The number of hydrogen-bond acceptors (Lipinski definition) is 7. The van der Waals surface area contributed by atoms with Crippen LogP contribution in [0.25, 0.3) is 10.7 Å². The summed E-state index contributed by atoms with van der Waals surface area (Å²) in [4.78, 5) is 19.1. The minimum Gasteiger partial charge on any atom is -0.337 e. The van der Waals surface area contributed by atoms with Crippen molar-refractivity contribution >= 4 is 33.0 Å². The van der Waals surface area contributed by atoms with E-state index in [0.29, 0.717) is 5.82 Å². The number of carbonyl (C=O) groups excluding carboxylic acids is 1. The Balaban J connectivity index is 1.80. The van der Waals surface area contributed by atoms with E-state index in [2.05, 4.69) is 10.1 Å². The molecule has 0 N–H and O–H groups in total. The van der Waals surface area contributed by atoms with Gasteiger partial charge in [-0.05, 0) is 30.5 Å². The van der Waals surface area contributed by atoms with Crippen molar-refractivity contribution in [2.45, 2.75) is 19.5 Å². The lowest BCUT2D eigenvalue weighted by molar-refractivity contribution is -0.131. The fraction of sp³-hybridized carbons (Fsp3) is 0.278. The Hall–Kier alpha value is -2.86. The molecule has 0 aliphatic heterocycles. The topological polar surface area (TPSA) is 96.6 Å². The maximum absolute atomic E-state index is 13.6. The van der Waals surface area contributed by atoms with Gasteiger partial charge in [-0.2, -0.15) is 4.98 Å². The molecule has 0 unspecified atom stereocenters. The molecule has 0 fully saturated rings. The molecule has 3 aromatic rings. The second-order valence-electron chi connectivity index (χ2n) is 6.52. The quantitative estimate of drug-likeness (QED) is 0.542. The number of hydrogen-bond donors (Lipinski definition) is 0. The first kappa shape index (κ1) is 21.8. The van der Waals surface area contributed by atoms with Crippen molar-refractivity contribution in [1.82, 2.24) is 15.0 Å². The summed E-state index contributed by atoms with van der Waals surface area (Å²) in [6.45, 7) is 1.29. The van der Waals surface area contributed by atoms with Crippen molar-refractivity contribution in [2.75, 3.05) is 17.6 Å². The number of aromatic nitrogens is 2. The number of amides is 1. The third-order valence-corrected chi connectivity index (χ3v) is 6.29. The van der Waals surface area contributed by atoms with E-state index in [9.17, 15) is 22.0 Å². The van der Waals surface area contributed by atoms with Crippen LogP contribution >= 0.6 is 11.3 Å². The van der Waals surface area contributed by atoms with Gasteiger partial charge in [0, 0.05) is 13.1 Å². The zero-order valence-corrected chi connectivity index (χ0v) is 17.9. The highest BCUT2D eigenvalue weighted by molar-refractivity contribution is 7.92. The average Bonchev–Trinajstić information content (AvgIpc) is 3.34. The van der Waals surface area contributed by atoms with Gasteiger partial charge in [0.05, 0.1) is 23.4 Å². The first-order chi connectivity index (χ1) is 14.1. The molecular formula is C18H18F2N4O4S2. The summed E-state index contributed by atoms with van der Waals surface area (Å²) in [5.74, 6) is -2.39. The maximum Gasteiger partial charge on any atom is 0.246 e. The Morgan fingerprint density at radius 2 is 2.00 bits per heavy atom. The summed E-state index contributed by atoms with van der Waals surface area (Å²) in [7, 11) is -2.53. The first-order valence-electron chi connectivity index (χ1n) is 8.64. The van der Waals surface area contributed by atoms with E-state index in [-0.39, 0.29) is 18.1 Å². The fourth-order valence-corrected chi connectivity index (χ4v) is 4.66. The molecule has 1 atom stereocenters. The van der Waals surface area contributed by atoms with E-state index in [4.69, 9.17) is 4.52 Å². The lowest BCUT2D eigenvalue weighted by Crippen LogP contribution is -2.48. The minimum absolute atomic E-state index is 0.0586. The maximum atomic E-state index is 13.6. The Morgan fingerprint density at radius 1 is 1.27 bits per heavy atom. The van der Waals surface area contributed by atoms with E-state index >= 15 is 0 Å². The van der Waals surface area contributed by atoms with Gasteiger partial charge >= 0.3 is 0 Å². The standard InChI is InChI=1S/C18H18F2N4O4S2/c1-11(24(30(3,26)27)12-6-7-13(19)14(20)9-12)18(25)23(2)10-16-21-17(22-28-16)15-5-4-8-29-15/h4-9,11H,10H2,1-3H3/t11-/m1/s1. The molecule has 3 rings (SSSR count). The van der Waals surface area contributed by atoms with Crippen LogP contribution in [-0.2, 0) is 21.4 Å². The first-order valence-corrected chi connectivity index (χ1v) is 11.4. The van der Waals surface area contributed by atoms with Crippen molar-refractivity contribution in [3.8, 4) is 10.7 Å². The molecule has 0 bridgehead atoms. The van der Waals surface area contributed by atoms with Gasteiger partial charge in [0.1, 0.15) is 6.04 Å². The summed E-state index contributed by atoms with van der Waals surface area (Å²) in [6, 6.07) is 5.05. The minimum atomic E-state index is -3.98. The number of likely N-dealkylation sites (N-methyl/N-ethyl adjacent to an activating group) is 1. The zero-order chi connectivity index (χ0) is 22.1. The van der Waals surface area contributed by atoms with E-state index in [0.717, 1.165) is 33.6 Å². The number of benzene rings is 1. The highest BCUT2D eigenvalue weighted by atomic mass is 32.2. The van der Waals surface area contributed by atoms with Crippen LogP contribution in [0.3, 0.4) is 0 Å². The highest BCUT2D eigenvalue weighted by Crippen LogP contribution is 2.25. The number of nitrogens with zero attached hydrogens (tertiary/aromatic N) is 4. The van der Waals surface area contributed by atoms with Gasteiger partial charge in [0.25, 0.3) is 0 Å². The van der Waals surface area contributed by atoms with Crippen LogP contribution in [0.15, 0.2) is 40.2 Å². The molecule has 1 aromatic carbocycles. The lowest BCUT2D eigenvalue weighted by Gasteiger charge is -2.30. The molecule has 8 nitrogen and oxygen atoms in total. The molecule has 0 aliphatic carbocycles. The van der Waals surface area contributed by atoms with Crippen LogP contribution in [0.4, 0.5) is 14.5 Å². The Morgan fingerprint density at radius 3 is 2.60 bits per heavy atom. The Bertz CT molecular complexity index is 1150. The second-order valence-corrected chi connectivity index (χ2v) is 9.32. The van der Waals surface area contributed by atoms with Gasteiger partial charge in [-0.25, -0.2) is 17.2 Å². The van der Waals surface area contributed by atoms with Gasteiger partial charge in [0.2, 0.25) is 27.6 Å². The number of rotatable bonds is 7. The van der Waals surface area contributed by atoms with Gasteiger partial charge in [-0.15, -0.1) is 11.3 Å². The molecule has 0 spiro atoms. The summed E-state index contributed by atoms with van der Waals surface area (Å²) < 4.78 is 57.4. The van der Waals surface area contributed by atoms with E-state index < -0.39 is 33.6 Å². The molecule has 30 heavy (non-hydrogen) atoms. The van der Waals surface area contributed by atoms with Crippen LogP contribution < -0.4 is 4.31 Å². The van der Waals surface area contributed by atoms with E-state index in [1.165, 1.54) is 30.2 Å². The average molecular weight is 456 g/mol. The Kier molecular flexibility index (Phi) is 6.17. The monoisotopic (exact) mass is 456 g/mol. The van der Waals surface area contributed by atoms with Crippen molar-refractivity contribution in [3.05, 3.63) is 53.2 Å². The number of thiophene rings is 1. The number of anilines is 1. The van der Waals surface area contributed by atoms with Crippen LogP contribution in [0, 0.1) is 11.6 Å².